The minimum Gasteiger partial charge on any atom is -0.462 e. The van der Waals surface area contributed by atoms with E-state index in [-0.39, 0.29) is 53.4 Å². The summed E-state index contributed by atoms with van der Waals surface area (Å²) in [5.74, 6) is -3.94. The number of hydrogen-bond donors (Lipinski definition) is 4. The van der Waals surface area contributed by atoms with Gasteiger partial charge in [0.25, 0.3) is 0 Å². The highest BCUT2D eigenvalue weighted by Crippen LogP contribution is 2.44. The number of carbonyl (C=O) groups is 1. The summed E-state index contributed by atoms with van der Waals surface area (Å²) in [6.45, 7) is 1.74. The van der Waals surface area contributed by atoms with E-state index >= 15 is 0 Å². The van der Waals surface area contributed by atoms with Crippen LogP contribution in [0.5, 0.6) is 0 Å². The van der Waals surface area contributed by atoms with Crippen molar-refractivity contribution >= 4 is 32.9 Å². The number of aliphatic imine (C=N–C) groups is 1. The van der Waals surface area contributed by atoms with Crippen molar-refractivity contribution in [1.29, 1.82) is 0 Å². The van der Waals surface area contributed by atoms with Crippen LogP contribution in [0, 0.1) is 35.3 Å². The maximum Gasteiger partial charge on any atom is 0.306 e. The molecule has 2 saturated carbocycles. The second kappa shape index (κ2) is 12.8. The average molecular weight is 654 g/mol. The van der Waals surface area contributed by atoms with Crippen LogP contribution in [-0.4, -0.2) is 78.8 Å². The van der Waals surface area contributed by atoms with Gasteiger partial charge in [-0.1, -0.05) is 30.8 Å². The first-order chi connectivity index (χ1) is 21.0. The Morgan fingerprint density at radius 3 is 2.80 bits per heavy atom. The van der Waals surface area contributed by atoms with E-state index in [0.717, 1.165) is 30.1 Å². The van der Waals surface area contributed by atoms with Crippen LogP contribution in [0.4, 0.5) is 8.78 Å². The monoisotopic (exact) mass is 653 g/mol. The minimum atomic E-state index is -4.02. The topological polar surface area (TPSA) is 147 Å². The number of ether oxygens (including phenoxy) is 2. The number of nitrogens with one attached hydrogen (secondary N) is 2. The van der Waals surface area contributed by atoms with Gasteiger partial charge in [-0.05, 0) is 55.5 Å². The second-order valence-corrected chi connectivity index (χ2v) is 15.3. The third kappa shape index (κ3) is 7.05. The number of aliphatic hydroxyl groups is 2. The fourth-order valence-electron chi connectivity index (χ4n) is 6.42. The van der Waals surface area contributed by atoms with E-state index in [2.05, 4.69) is 15.0 Å². The number of fused-ring (bicyclic) bond motifs is 3. The van der Waals surface area contributed by atoms with Crippen molar-refractivity contribution in [1.82, 2.24) is 10.0 Å². The number of benzene rings is 1. The van der Waals surface area contributed by atoms with E-state index in [0.29, 0.717) is 18.0 Å². The highest BCUT2D eigenvalue weighted by molar-refractivity contribution is 8.14. The lowest BCUT2D eigenvalue weighted by molar-refractivity contribution is -0.164. The number of aliphatic hydroxyl groups excluding tert-OH is 2. The van der Waals surface area contributed by atoms with Crippen molar-refractivity contribution in [2.24, 2.45) is 28.7 Å². The summed E-state index contributed by atoms with van der Waals surface area (Å²) >= 11 is 1.48. The van der Waals surface area contributed by atoms with Crippen LogP contribution in [0.25, 0.3) is 0 Å². The van der Waals surface area contributed by atoms with Crippen molar-refractivity contribution in [3.05, 3.63) is 58.5 Å². The van der Waals surface area contributed by atoms with E-state index in [4.69, 9.17) is 9.47 Å². The molecule has 240 valence electrons. The van der Waals surface area contributed by atoms with Crippen LogP contribution in [0.3, 0.4) is 0 Å². The van der Waals surface area contributed by atoms with Gasteiger partial charge in [-0.3, -0.25) is 9.79 Å². The van der Waals surface area contributed by atoms with Crippen molar-refractivity contribution in [2.45, 2.75) is 74.9 Å². The number of rotatable bonds is 11. The van der Waals surface area contributed by atoms with Gasteiger partial charge in [-0.15, -0.1) is 0 Å². The minimum absolute atomic E-state index is 0.0274. The number of halogens is 2. The third-order valence-corrected chi connectivity index (χ3v) is 11.7. The molecule has 14 heteroatoms. The molecule has 10 nitrogen and oxygen atoms in total. The maximum absolute atomic E-state index is 14.0. The fraction of sp³-hybridized carbons (Fsp3) is 0.600. The first-order valence-electron chi connectivity index (χ1n) is 15.0. The van der Waals surface area contributed by atoms with Crippen LogP contribution in [0.15, 0.2) is 46.3 Å². The number of hydrogen-bond acceptors (Lipinski definition) is 10. The molecule has 6 rings (SSSR count). The van der Waals surface area contributed by atoms with Gasteiger partial charge in [0.1, 0.15) is 6.10 Å². The molecule has 1 aromatic carbocycles. The molecular formula is C30H37F2N3O7S2. The Hall–Kier alpha value is -2.36. The summed E-state index contributed by atoms with van der Waals surface area (Å²) in [5.41, 5.74) is 0.336. The van der Waals surface area contributed by atoms with E-state index in [1.807, 2.05) is 6.92 Å². The smallest absolute Gasteiger partial charge is 0.306 e. The van der Waals surface area contributed by atoms with Gasteiger partial charge in [0.2, 0.25) is 10.0 Å². The SMILES string of the molecule is CC1C2CC(COC2O)C1OC(=O)C[C@@H](Cc1ccc(F)c(F)c1)[C@H](O)CNS(=O)(=O)C1=CC2SC(NC3CC3)=NC2C=C1. The Morgan fingerprint density at radius 1 is 1.27 bits per heavy atom. The highest BCUT2D eigenvalue weighted by atomic mass is 32.2. The average Bonchev–Trinajstić information content (AvgIpc) is 3.65. The number of thioether (sulfide) groups is 1. The number of carbonyl (C=O) groups excluding carboxylic acids is 1. The first kappa shape index (κ1) is 31.6. The predicted molar refractivity (Wildman–Crippen MR) is 160 cm³/mol. The lowest BCUT2D eigenvalue weighted by Crippen LogP contribution is -2.39. The van der Waals surface area contributed by atoms with Crippen LogP contribution in [0.1, 0.15) is 38.2 Å². The van der Waals surface area contributed by atoms with Gasteiger partial charge in [-0.2, -0.15) is 0 Å². The molecule has 0 spiro atoms. The molecule has 4 N–H and O–H groups in total. The maximum atomic E-state index is 14.0. The van der Waals surface area contributed by atoms with Crippen molar-refractivity contribution in [2.75, 3.05) is 13.2 Å². The summed E-state index contributed by atoms with van der Waals surface area (Å²) in [6, 6.07) is 3.59. The van der Waals surface area contributed by atoms with E-state index in [1.165, 1.54) is 23.9 Å². The number of nitrogens with zero attached hydrogens (tertiary/aromatic N) is 1. The van der Waals surface area contributed by atoms with Gasteiger partial charge in [-0.25, -0.2) is 21.9 Å². The van der Waals surface area contributed by atoms with Crippen LogP contribution < -0.4 is 10.0 Å². The zero-order valence-corrected chi connectivity index (χ0v) is 25.8. The molecule has 9 atom stereocenters. The molecule has 3 aliphatic carbocycles. The second-order valence-electron chi connectivity index (χ2n) is 12.4. The van der Waals surface area contributed by atoms with Crippen molar-refractivity contribution < 1.29 is 41.7 Å². The van der Waals surface area contributed by atoms with Gasteiger partial charge in [0, 0.05) is 36.3 Å². The molecule has 0 radical (unpaired) electrons. The number of allylic oxidation sites excluding steroid dienone is 1. The number of sulfonamides is 1. The molecule has 0 aromatic heterocycles. The van der Waals surface area contributed by atoms with E-state index < -0.39 is 58.6 Å². The third-order valence-electron chi connectivity index (χ3n) is 9.14. The summed E-state index contributed by atoms with van der Waals surface area (Å²) in [5, 5.41) is 25.3. The van der Waals surface area contributed by atoms with E-state index in [1.54, 1.807) is 12.2 Å². The molecule has 2 aliphatic heterocycles. The van der Waals surface area contributed by atoms with E-state index in [9.17, 15) is 32.2 Å². The Balaban J connectivity index is 1.10. The van der Waals surface area contributed by atoms with Crippen molar-refractivity contribution in [3.8, 4) is 0 Å². The molecule has 3 fully saturated rings. The Kier molecular flexibility index (Phi) is 9.20. The summed E-state index contributed by atoms with van der Waals surface area (Å²) in [6.07, 6.45) is 4.69. The molecule has 5 aliphatic rings. The van der Waals surface area contributed by atoms with Gasteiger partial charge >= 0.3 is 5.97 Å². The molecule has 0 amide bonds. The molecular weight excluding hydrogens is 616 g/mol. The van der Waals surface area contributed by atoms with Crippen molar-refractivity contribution in [3.63, 3.8) is 0 Å². The van der Waals surface area contributed by atoms with Gasteiger partial charge < -0.3 is 25.0 Å². The Morgan fingerprint density at radius 2 is 2.07 bits per heavy atom. The quantitative estimate of drug-likeness (QED) is 0.265. The molecule has 2 bridgehead atoms. The predicted octanol–water partition coefficient (Wildman–Crippen LogP) is 2.37. The van der Waals surface area contributed by atoms with Gasteiger partial charge in [0.05, 0.1) is 35.3 Å². The molecule has 44 heavy (non-hydrogen) atoms. The van der Waals surface area contributed by atoms with Crippen LogP contribution in [-0.2, 0) is 30.7 Å². The normalized spacial score (nSPS) is 32.4. The zero-order chi connectivity index (χ0) is 31.2. The molecule has 2 heterocycles. The Bertz CT molecular complexity index is 1470. The highest BCUT2D eigenvalue weighted by Gasteiger charge is 2.50. The molecule has 1 saturated heterocycles. The molecule has 1 aromatic rings. The summed E-state index contributed by atoms with van der Waals surface area (Å²) < 4.78 is 67.6. The lowest BCUT2D eigenvalue weighted by Gasteiger charge is -2.26. The molecule has 7 unspecified atom stereocenters. The number of esters is 1. The summed E-state index contributed by atoms with van der Waals surface area (Å²) in [7, 11) is -4.02. The first-order valence-corrected chi connectivity index (χ1v) is 17.3. The summed E-state index contributed by atoms with van der Waals surface area (Å²) in [4.78, 5) is 17.8. The standard InChI is InChI=1S/C30H37F2N3O7S2/c1-15-21-10-18(14-41-29(21)38)28(15)42-27(37)11-17(8-16-2-6-22(31)23(32)9-16)25(36)13-33-44(39,40)20-5-7-24-26(12-20)43-30(35-24)34-19-3-4-19/h2,5-7,9,12,15,17-19,21,24-26,28-29,33,36,38H,3-4,8,10-11,13-14H2,1H3,(H,34,35)/t15?,17-,18?,21?,24?,25-,26?,28?,29?/m1/s1. The Labute approximate surface area is 259 Å². The zero-order valence-electron chi connectivity index (χ0n) is 24.1. The van der Waals surface area contributed by atoms with Gasteiger partial charge in [0.15, 0.2) is 23.1 Å². The van der Waals surface area contributed by atoms with Crippen LogP contribution >= 0.6 is 11.8 Å². The number of amidine groups is 1. The fourth-order valence-corrected chi connectivity index (χ4v) is 8.83. The lowest BCUT2D eigenvalue weighted by atomic mass is 9.90. The van der Waals surface area contributed by atoms with Crippen LogP contribution in [0.2, 0.25) is 0 Å². The largest absolute Gasteiger partial charge is 0.462 e.